The number of piperidine rings is 1. The second-order valence-electron chi connectivity index (χ2n) is 5.75. The highest BCUT2D eigenvalue weighted by Crippen LogP contribution is 2.47. The highest BCUT2D eigenvalue weighted by Gasteiger charge is 2.52. The van der Waals surface area contributed by atoms with Crippen molar-refractivity contribution >= 4 is 29.6 Å². The standard InChI is InChI=1S/C12H23Cl2NSi/c1-9(2)12(16(13)14)11-6-4-3-5-10(11)7-8-15-12/h9-11,15-16H,3-8H2,1-2H3. The quantitative estimate of drug-likeness (QED) is 0.603. The first-order valence-corrected chi connectivity index (χ1v) is 10.7. The van der Waals surface area contributed by atoms with Crippen LogP contribution in [0.25, 0.3) is 0 Å². The molecular weight excluding hydrogens is 257 g/mol. The van der Waals surface area contributed by atoms with Crippen molar-refractivity contribution in [2.45, 2.75) is 51.1 Å². The van der Waals surface area contributed by atoms with Crippen LogP contribution in [0.3, 0.4) is 0 Å². The molecule has 3 unspecified atom stereocenters. The number of rotatable bonds is 2. The van der Waals surface area contributed by atoms with Gasteiger partial charge in [-0.1, -0.05) is 33.1 Å². The van der Waals surface area contributed by atoms with Crippen molar-refractivity contribution in [3.8, 4) is 0 Å². The lowest BCUT2D eigenvalue weighted by atomic mass is 9.68. The Bertz CT molecular complexity index is 235. The van der Waals surface area contributed by atoms with Gasteiger partial charge in [-0.2, -0.15) is 0 Å². The van der Waals surface area contributed by atoms with E-state index in [1.165, 1.54) is 32.1 Å². The predicted molar refractivity (Wildman–Crippen MR) is 74.5 cm³/mol. The van der Waals surface area contributed by atoms with Crippen LogP contribution in [0.5, 0.6) is 0 Å². The molecule has 3 atom stereocenters. The van der Waals surface area contributed by atoms with Crippen molar-refractivity contribution in [3.63, 3.8) is 0 Å². The first-order chi connectivity index (χ1) is 7.59. The molecule has 0 radical (unpaired) electrons. The second kappa shape index (κ2) is 5.17. The Labute approximate surface area is 110 Å². The minimum Gasteiger partial charge on any atom is -0.311 e. The number of fused-ring (bicyclic) bond motifs is 1. The third kappa shape index (κ3) is 2.07. The van der Waals surface area contributed by atoms with E-state index in [9.17, 15) is 0 Å². The van der Waals surface area contributed by atoms with Crippen molar-refractivity contribution < 1.29 is 0 Å². The van der Waals surface area contributed by atoms with Gasteiger partial charge in [0.1, 0.15) is 0 Å². The van der Waals surface area contributed by atoms with E-state index in [0.29, 0.717) is 5.92 Å². The molecule has 4 heteroatoms. The van der Waals surface area contributed by atoms with Gasteiger partial charge in [0.2, 0.25) is 0 Å². The van der Waals surface area contributed by atoms with E-state index in [1.807, 2.05) is 0 Å². The Balaban J connectivity index is 2.27. The van der Waals surface area contributed by atoms with E-state index >= 15 is 0 Å². The Kier molecular flexibility index (Phi) is 4.27. The molecule has 0 bridgehead atoms. The molecule has 0 spiro atoms. The van der Waals surface area contributed by atoms with E-state index in [1.54, 1.807) is 0 Å². The summed E-state index contributed by atoms with van der Waals surface area (Å²) >= 11 is 12.9. The number of halogens is 2. The molecule has 1 N–H and O–H groups in total. The van der Waals surface area contributed by atoms with Gasteiger partial charge in [-0.3, -0.25) is 0 Å². The van der Waals surface area contributed by atoms with Crippen molar-refractivity contribution in [2.24, 2.45) is 17.8 Å². The molecule has 0 aromatic carbocycles. The van der Waals surface area contributed by atoms with Gasteiger partial charge in [0.15, 0.2) is 0 Å². The van der Waals surface area contributed by atoms with Gasteiger partial charge < -0.3 is 5.32 Å². The van der Waals surface area contributed by atoms with Crippen molar-refractivity contribution in [1.82, 2.24) is 5.32 Å². The smallest absolute Gasteiger partial charge is 0.256 e. The summed E-state index contributed by atoms with van der Waals surface area (Å²) in [6.45, 7) is 5.69. The van der Waals surface area contributed by atoms with Gasteiger partial charge in [0.05, 0.1) is 0 Å². The molecule has 1 heterocycles. The van der Waals surface area contributed by atoms with Crippen LogP contribution in [0.2, 0.25) is 0 Å². The summed E-state index contributed by atoms with van der Waals surface area (Å²) in [5, 5.41) is 3.82. The van der Waals surface area contributed by atoms with Crippen LogP contribution in [-0.4, -0.2) is 19.1 Å². The maximum Gasteiger partial charge on any atom is 0.256 e. The highest BCUT2D eigenvalue weighted by molar-refractivity contribution is 7.35. The molecule has 16 heavy (non-hydrogen) atoms. The topological polar surface area (TPSA) is 12.0 Å². The fourth-order valence-electron chi connectivity index (χ4n) is 3.91. The summed E-state index contributed by atoms with van der Waals surface area (Å²) in [6, 6.07) is 0. The maximum atomic E-state index is 6.47. The number of hydrogen-bond donors (Lipinski definition) is 1. The van der Waals surface area contributed by atoms with Gasteiger partial charge in [-0.25, -0.2) is 0 Å². The largest absolute Gasteiger partial charge is 0.311 e. The summed E-state index contributed by atoms with van der Waals surface area (Å²) in [5.41, 5.74) is 0. The molecule has 1 aliphatic carbocycles. The van der Waals surface area contributed by atoms with Gasteiger partial charge >= 0.3 is 0 Å². The van der Waals surface area contributed by atoms with Crippen LogP contribution in [0.15, 0.2) is 0 Å². The first kappa shape index (κ1) is 13.2. The van der Waals surface area contributed by atoms with E-state index in [2.05, 4.69) is 19.2 Å². The molecule has 2 aliphatic rings. The van der Waals surface area contributed by atoms with Crippen LogP contribution in [0.1, 0.15) is 46.0 Å². The molecule has 2 rings (SSSR count). The normalized spacial score (nSPS) is 40.1. The van der Waals surface area contributed by atoms with Crippen LogP contribution < -0.4 is 5.32 Å². The van der Waals surface area contributed by atoms with Crippen molar-refractivity contribution in [1.29, 1.82) is 0 Å². The fraction of sp³-hybridized carbons (Fsp3) is 1.00. The lowest BCUT2D eigenvalue weighted by molar-refractivity contribution is 0.0793. The lowest BCUT2D eigenvalue weighted by Crippen LogP contribution is -2.67. The average molecular weight is 280 g/mol. The van der Waals surface area contributed by atoms with E-state index in [4.69, 9.17) is 22.2 Å². The van der Waals surface area contributed by atoms with Crippen molar-refractivity contribution in [2.75, 3.05) is 6.54 Å². The maximum absolute atomic E-state index is 6.47. The zero-order valence-corrected chi connectivity index (χ0v) is 13.0. The molecule has 0 amide bonds. The zero-order valence-electron chi connectivity index (χ0n) is 10.3. The van der Waals surface area contributed by atoms with Gasteiger partial charge in [0, 0.05) is 5.16 Å². The summed E-state index contributed by atoms with van der Waals surface area (Å²) in [6.07, 6.45) is 6.83. The molecule has 0 aromatic rings. The monoisotopic (exact) mass is 279 g/mol. The van der Waals surface area contributed by atoms with E-state index in [0.717, 1.165) is 18.4 Å². The van der Waals surface area contributed by atoms with Crippen LogP contribution in [0.4, 0.5) is 0 Å². The Morgan fingerprint density at radius 1 is 1.19 bits per heavy atom. The molecule has 1 saturated heterocycles. The molecule has 1 aliphatic heterocycles. The minimum atomic E-state index is -1.71. The predicted octanol–water partition coefficient (Wildman–Crippen LogP) is 3.42. The van der Waals surface area contributed by atoms with E-state index in [-0.39, 0.29) is 5.16 Å². The number of nitrogens with one attached hydrogen (secondary N) is 1. The summed E-state index contributed by atoms with van der Waals surface area (Å²) in [4.78, 5) is 0. The van der Waals surface area contributed by atoms with E-state index < -0.39 is 7.42 Å². The molecule has 94 valence electrons. The molecule has 1 nitrogen and oxygen atoms in total. The van der Waals surface area contributed by atoms with Gasteiger partial charge in [0.25, 0.3) is 7.42 Å². The van der Waals surface area contributed by atoms with Crippen molar-refractivity contribution in [3.05, 3.63) is 0 Å². The summed E-state index contributed by atoms with van der Waals surface area (Å²) in [7, 11) is -1.71. The average Bonchev–Trinajstić information content (AvgIpc) is 2.27. The minimum absolute atomic E-state index is 0.0897. The third-order valence-corrected chi connectivity index (χ3v) is 8.97. The molecule has 2 fully saturated rings. The van der Waals surface area contributed by atoms with Crippen LogP contribution in [-0.2, 0) is 0 Å². The third-order valence-electron chi connectivity index (χ3n) is 4.79. The highest BCUT2D eigenvalue weighted by atomic mass is 35.7. The fourth-order valence-corrected chi connectivity index (χ4v) is 8.42. The Morgan fingerprint density at radius 2 is 1.88 bits per heavy atom. The molecule has 0 aromatic heterocycles. The van der Waals surface area contributed by atoms with Gasteiger partial charge in [-0.05, 0) is 37.1 Å². The summed E-state index contributed by atoms with van der Waals surface area (Å²) in [5.74, 6) is 2.18. The Hall–Kier alpha value is 0.757. The first-order valence-electron chi connectivity index (χ1n) is 6.62. The zero-order chi connectivity index (χ0) is 11.8. The van der Waals surface area contributed by atoms with Gasteiger partial charge in [-0.15, -0.1) is 22.2 Å². The second-order valence-corrected chi connectivity index (χ2v) is 10.6. The molecule has 1 saturated carbocycles. The number of hydrogen-bond acceptors (Lipinski definition) is 1. The SMILES string of the molecule is CC(C)C1([SiH](Cl)Cl)NCCC2CCCCC21. The van der Waals surface area contributed by atoms with Crippen LogP contribution in [0, 0.1) is 17.8 Å². The van der Waals surface area contributed by atoms with Crippen LogP contribution >= 0.6 is 22.2 Å². The summed E-state index contributed by atoms with van der Waals surface area (Å²) < 4.78 is 0. The molecular formula is C12H23Cl2NSi. The lowest BCUT2D eigenvalue weighted by Gasteiger charge is -2.53. The Morgan fingerprint density at radius 3 is 2.50 bits per heavy atom.